The minimum Gasteiger partial charge on any atom is -0.395 e. The first kappa shape index (κ1) is 17.9. The van der Waals surface area contributed by atoms with Crippen LogP contribution in [-0.4, -0.2) is 64.5 Å². The van der Waals surface area contributed by atoms with Crippen LogP contribution in [0.25, 0.3) is 0 Å². The van der Waals surface area contributed by atoms with Crippen molar-refractivity contribution >= 4 is 11.8 Å². The monoisotopic (exact) mass is 345 g/mol. The molecule has 0 bridgehead atoms. The number of rotatable bonds is 5. The van der Waals surface area contributed by atoms with Gasteiger partial charge in [-0.05, 0) is 43.4 Å². The Morgan fingerprint density at radius 1 is 1.24 bits per heavy atom. The van der Waals surface area contributed by atoms with Crippen LogP contribution in [0.3, 0.4) is 0 Å². The molecule has 2 aliphatic rings. The summed E-state index contributed by atoms with van der Waals surface area (Å²) in [5.74, 6) is 0.322. The SMILES string of the molecule is O=C1CCC2(CCCN(C(=O)CCc3ccncc3)C2)CN1CCO. The van der Waals surface area contributed by atoms with Crippen LogP contribution < -0.4 is 0 Å². The molecule has 1 aromatic heterocycles. The zero-order valence-corrected chi connectivity index (χ0v) is 14.7. The molecule has 2 saturated heterocycles. The van der Waals surface area contributed by atoms with Crippen LogP contribution in [0.2, 0.25) is 0 Å². The van der Waals surface area contributed by atoms with Crippen molar-refractivity contribution < 1.29 is 14.7 Å². The summed E-state index contributed by atoms with van der Waals surface area (Å²) < 4.78 is 0. The second-order valence-electron chi connectivity index (χ2n) is 7.31. The van der Waals surface area contributed by atoms with Crippen molar-refractivity contribution in [3.63, 3.8) is 0 Å². The second kappa shape index (κ2) is 7.95. The van der Waals surface area contributed by atoms with E-state index in [2.05, 4.69) is 4.98 Å². The van der Waals surface area contributed by atoms with E-state index in [1.54, 1.807) is 17.3 Å². The number of aliphatic hydroxyl groups is 1. The summed E-state index contributed by atoms with van der Waals surface area (Å²) in [5.41, 5.74) is 1.14. The van der Waals surface area contributed by atoms with E-state index in [9.17, 15) is 14.7 Å². The molecule has 6 heteroatoms. The zero-order valence-electron chi connectivity index (χ0n) is 14.7. The Hall–Kier alpha value is -1.95. The molecule has 0 aromatic carbocycles. The van der Waals surface area contributed by atoms with Gasteiger partial charge in [0.1, 0.15) is 0 Å². The molecular weight excluding hydrogens is 318 g/mol. The molecule has 0 radical (unpaired) electrons. The summed E-state index contributed by atoms with van der Waals surface area (Å²) in [6.07, 6.45) is 8.17. The van der Waals surface area contributed by atoms with Crippen LogP contribution in [0.1, 0.15) is 37.7 Å². The number of pyridine rings is 1. The first-order chi connectivity index (χ1) is 12.1. The highest BCUT2D eigenvalue weighted by molar-refractivity contribution is 5.78. The van der Waals surface area contributed by atoms with Crippen molar-refractivity contribution in [1.29, 1.82) is 0 Å². The number of β-amino-alcohol motifs (C(OH)–C–C–N with tert-alkyl or cyclic N) is 1. The summed E-state index contributed by atoms with van der Waals surface area (Å²) >= 11 is 0. The van der Waals surface area contributed by atoms with Crippen LogP contribution in [0.15, 0.2) is 24.5 Å². The molecule has 1 unspecified atom stereocenters. The van der Waals surface area contributed by atoms with Crippen molar-refractivity contribution in [2.24, 2.45) is 5.41 Å². The fraction of sp³-hybridized carbons (Fsp3) is 0.632. The smallest absolute Gasteiger partial charge is 0.222 e. The van der Waals surface area contributed by atoms with Crippen LogP contribution in [0.5, 0.6) is 0 Å². The van der Waals surface area contributed by atoms with E-state index in [-0.39, 0.29) is 23.8 Å². The van der Waals surface area contributed by atoms with Crippen LogP contribution in [0.4, 0.5) is 0 Å². The quantitative estimate of drug-likeness (QED) is 0.871. The first-order valence-corrected chi connectivity index (χ1v) is 9.17. The van der Waals surface area contributed by atoms with Gasteiger partial charge in [0.15, 0.2) is 0 Å². The van der Waals surface area contributed by atoms with Crippen molar-refractivity contribution in [2.75, 3.05) is 32.8 Å². The van der Waals surface area contributed by atoms with E-state index >= 15 is 0 Å². The van der Waals surface area contributed by atoms with Gasteiger partial charge < -0.3 is 14.9 Å². The van der Waals surface area contributed by atoms with Gasteiger partial charge in [0.05, 0.1) is 6.61 Å². The predicted molar refractivity (Wildman–Crippen MR) is 93.7 cm³/mol. The van der Waals surface area contributed by atoms with E-state index in [1.165, 1.54) is 0 Å². The minimum absolute atomic E-state index is 0.00357. The standard InChI is InChI=1S/C19H27N3O3/c23-13-12-22-15-19(8-4-18(22)25)7-1-11-21(14-19)17(24)3-2-16-5-9-20-10-6-16/h5-6,9-10,23H,1-4,7-8,11-15H2. The molecule has 0 aliphatic carbocycles. The molecule has 1 atom stereocenters. The fourth-order valence-corrected chi connectivity index (χ4v) is 4.14. The van der Waals surface area contributed by atoms with Crippen LogP contribution in [-0.2, 0) is 16.0 Å². The number of likely N-dealkylation sites (tertiary alicyclic amines) is 2. The Bertz CT molecular complexity index is 607. The molecule has 3 heterocycles. The molecule has 3 rings (SSSR count). The average Bonchev–Trinajstić information content (AvgIpc) is 2.64. The summed E-state index contributed by atoms with van der Waals surface area (Å²) in [5, 5.41) is 9.18. The molecule has 25 heavy (non-hydrogen) atoms. The lowest BCUT2D eigenvalue weighted by molar-refractivity contribution is -0.143. The molecule has 2 aliphatic heterocycles. The minimum atomic E-state index is -0.00357. The molecule has 1 aromatic rings. The van der Waals surface area contributed by atoms with Gasteiger partial charge in [0.2, 0.25) is 11.8 Å². The van der Waals surface area contributed by atoms with Gasteiger partial charge in [0.25, 0.3) is 0 Å². The van der Waals surface area contributed by atoms with E-state index in [4.69, 9.17) is 0 Å². The second-order valence-corrected chi connectivity index (χ2v) is 7.31. The Kier molecular flexibility index (Phi) is 5.68. The van der Waals surface area contributed by atoms with E-state index in [0.717, 1.165) is 44.3 Å². The average molecular weight is 345 g/mol. The van der Waals surface area contributed by atoms with Crippen molar-refractivity contribution in [1.82, 2.24) is 14.8 Å². The lowest BCUT2D eigenvalue weighted by Crippen LogP contribution is -2.55. The van der Waals surface area contributed by atoms with Crippen molar-refractivity contribution in [3.8, 4) is 0 Å². The lowest BCUT2D eigenvalue weighted by atomic mass is 9.73. The predicted octanol–water partition coefficient (Wildman–Crippen LogP) is 1.24. The third kappa shape index (κ3) is 4.37. The number of aliphatic hydroxyl groups excluding tert-OH is 1. The summed E-state index contributed by atoms with van der Waals surface area (Å²) in [4.78, 5) is 32.4. The van der Waals surface area contributed by atoms with Crippen molar-refractivity contribution in [2.45, 2.75) is 38.5 Å². The van der Waals surface area contributed by atoms with E-state index < -0.39 is 0 Å². The van der Waals surface area contributed by atoms with Gasteiger partial charge in [-0.2, -0.15) is 0 Å². The Labute approximate surface area is 148 Å². The molecule has 2 amide bonds. The number of piperidine rings is 2. The maximum Gasteiger partial charge on any atom is 0.222 e. The maximum absolute atomic E-state index is 12.7. The molecular formula is C19H27N3O3. The van der Waals surface area contributed by atoms with Gasteiger partial charge in [-0.15, -0.1) is 0 Å². The van der Waals surface area contributed by atoms with Gasteiger partial charge in [-0.25, -0.2) is 0 Å². The normalized spacial score (nSPS) is 24.0. The fourth-order valence-electron chi connectivity index (χ4n) is 4.14. The number of nitrogens with zero attached hydrogens (tertiary/aromatic N) is 3. The number of aromatic nitrogens is 1. The highest BCUT2D eigenvalue weighted by atomic mass is 16.3. The third-order valence-corrected chi connectivity index (χ3v) is 5.51. The number of carbonyl (C=O) groups is 2. The maximum atomic E-state index is 12.7. The Balaban J connectivity index is 1.58. The third-order valence-electron chi connectivity index (χ3n) is 5.51. The largest absolute Gasteiger partial charge is 0.395 e. The molecule has 136 valence electrons. The summed E-state index contributed by atoms with van der Waals surface area (Å²) in [6, 6.07) is 3.90. The van der Waals surface area contributed by atoms with Crippen molar-refractivity contribution in [3.05, 3.63) is 30.1 Å². The van der Waals surface area contributed by atoms with E-state index in [0.29, 0.717) is 25.9 Å². The first-order valence-electron chi connectivity index (χ1n) is 9.17. The lowest BCUT2D eigenvalue weighted by Gasteiger charge is -2.48. The van der Waals surface area contributed by atoms with Gasteiger partial charge in [-0.3, -0.25) is 14.6 Å². The topological polar surface area (TPSA) is 73.7 Å². The highest BCUT2D eigenvalue weighted by Crippen LogP contribution is 2.39. The zero-order chi connectivity index (χ0) is 17.7. The molecule has 1 N–H and O–H groups in total. The van der Waals surface area contributed by atoms with E-state index in [1.807, 2.05) is 17.0 Å². The number of amides is 2. The molecule has 1 spiro atoms. The summed E-state index contributed by atoms with van der Waals surface area (Å²) in [6.45, 7) is 2.61. The van der Waals surface area contributed by atoms with Crippen LogP contribution >= 0.6 is 0 Å². The number of carbonyl (C=O) groups excluding carboxylic acids is 2. The summed E-state index contributed by atoms with van der Waals surface area (Å²) in [7, 11) is 0. The van der Waals surface area contributed by atoms with Gasteiger partial charge >= 0.3 is 0 Å². The highest BCUT2D eigenvalue weighted by Gasteiger charge is 2.42. The number of hydrogen-bond acceptors (Lipinski definition) is 4. The Morgan fingerprint density at radius 2 is 2.04 bits per heavy atom. The van der Waals surface area contributed by atoms with Crippen LogP contribution in [0, 0.1) is 5.41 Å². The number of hydrogen-bond donors (Lipinski definition) is 1. The Morgan fingerprint density at radius 3 is 2.80 bits per heavy atom. The molecule has 2 fully saturated rings. The van der Waals surface area contributed by atoms with Gasteiger partial charge in [-0.1, -0.05) is 0 Å². The molecule has 0 saturated carbocycles. The van der Waals surface area contributed by atoms with Gasteiger partial charge in [0, 0.05) is 56.8 Å². The number of aryl methyl sites for hydroxylation is 1. The molecule has 6 nitrogen and oxygen atoms in total.